The fourth-order valence-corrected chi connectivity index (χ4v) is 3.06. The minimum Gasteiger partial charge on any atom is -0.383 e. The molecule has 0 aromatic carbocycles. The van der Waals surface area contributed by atoms with Crippen molar-refractivity contribution >= 4 is 33.1 Å². The van der Waals surface area contributed by atoms with Gasteiger partial charge in [-0.1, -0.05) is 13.8 Å². The van der Waals surface area contributed by atoms with Gasteiger partial charge in [-0.2, -0.15) is 0 Å². The molecular weight excluding hydrogens is 298 g/mol. The van der Waals surface area contributed by atoms with Crippen LogP contribution < -0.4 is 5.73 Å². The molecule has 2 aromatic heterocycles. The first kappa shape index (κ1) is 12.5. The molecule has 0 saturated heterocycles. The highest BCUT2D eigenvalue weighted by Gasteiger charge is 2.15. The molecule has 0 unspecified atom stereocenters. The van der Waals surface area contributed by atoms with Crippen LogP contribution in [0.25, 0.3) is 10.7 Å². The molecular formula is C12H14BrN3S. The van der Waals surface area contributed by atoms with E-state index in [9.17, 15) is 0 Å². The van der Waals surface area contributed by atoms with Crippen LogP contribution in [0.15, 0.2) is 15.9 Å². The van der Waals surface area contributed by atoms with Crippen molar-refractivity contribution in [2.75, 3.05) is 5.73 Å². The second-order valence-electron chi connectivity index (χ2n) is 4.22. The van der Waals surface area contributed by atoms with Gasteiger partial charge in [0, 0.05) is 0 Å². The number of nitrogen functional groups attached to an aromatic ring is 1. The number of anilines is 1. The molecule has 0 aliphatic rings. The summed E-state index contributed by atoms with van der Waals surface area (Å²) in [5.41, 5.74) is 8.07. The first-order valence-electron chi connectivity index (χ1n) is 5.38. The van der Waals surface area contributed by atoms with Crippen LogP contribution in [-0.2, 0) is 0 Å². The summed E-state index contributed by atoms with van der Waals surface area (Å²) in [4.78, 5) is 10.0. The average Bonchev–Trinajstić information content (AvgIpc) is 2.68. The van der Waals surface area contributed by atoms with E-state index in [1.54, 1.807) is 11.3 Å². The van der Waals surface area contributed by atoms with E-state index < -0.39 is 0 Å². The number of nitrogens with zero attached hydrogens (tertiary/aromatic N) is 2. The number of nitrogens with two attached hydrogens (primary N) is 1. The Morgan fingerprint density at radius 2 is 2.06 bits per heavy atom. The van der Waals surface area contributed by atoms with Gasteiger partial charge in [0.2, 0.25) is 0 Å². The molecule has 2 heterocycles. The highest BCUT2D eigenvalue weighted by molar-refractivity contribution is 9.10. The molecule has 0 atom stereocenters. The van der Waals surface area contributed by atoms with Gasteiger partial charge in [0.05, 0.1) is 15.0 Å². The molecule has 2 rings (SSSR count). The Hall–Kier alpha value is -0.940. The molecule has 0 aliphatic heterocycles. The Bertz CT molecular complexity index is 549. The van der Waals surface area contributed by atoms with E-state index in [-0.39, 0.29) is 0 Å². The minimum atomic E-state index is 0.314. The van der Waals surface area contributed by atoms with Gasteiger partial charge in [-0.25, -0.2) is 9.97 Å². The molecule has 0 bridgehead atoms. The summed E-state index contributed by atoms with van der Waals surface area (Å²) in [6, 6.07) is 2.07. The maximum absolute atomic E-state index is 5.92. The van der Waals surface area contributed by atoms with Crippen molar-refractivity contribution in [3.63, 3.8) is 0 Å². The summed E-state index contributed by atoms with van der Waals surface area (Å²) in [6.45, 7) is 6.25. The van der Waals surface area contributed by atoms with Gasteiger partial charge in [0.1, 0.15) is 5.82 Å². The van der Waals surface area contributed by atoms with Crippen LogP contribution in [0.5, 0.6) is 0 Å². The third-order valence-electron chi connectivity index (χ3n) is 2.51. The molecule has 90 valence electrons. The second kappa shape index (κ2) is 4.74. The molecule has 0 saturated carbocycles. The van der Waals surface area contributed by atoms with Crippen molar-refractivity contribution < 1.29 is 0 Å². The first-order chi connectivity index (χ1) is 8.00. The zero-order valence-corrected chi connectivity index (χ0v) is 12.4. The number of hydrogen-bond acceptors (Lipinski definition) is 4. The van der Waals surface area contributed by atoms with E-state index in [1.165, 1.54) is 5.56 Å². The maximum Gasteiger partial charge on any atom is 0.172 e. The molecule has 2 aromatic rings. The monoisotopic (exact) mass is 311 g/mol. The predicted octanol–water partition coefficient (Wildman–Crippen LogP) is 3.98. The van der Waals surface area contributed by atoms with E-state index in [0.29, 0.717) is 11.7 Å². The molecule has 0 aliphatic carbocycles. The number of rotatable bonds is 2. The third-order valence-corrected chi connectivity index (χ3v) is 4.34. The Balaban J connectivity index is 2.61. The summed E-state index contributed by atoms with van der Waals surface area (Å²) in [5, 5.41) is 2.04. The number of halogens is 1. The van der Waals surface area contributed by atoms with Crippen LogP contribution in [0.1, 0.15) is 31.0 Å². The highest BCUT2D eigenvalue weighted by atomic mass is 79.9. The number of hydrogen-bond donors (Lipinski definition) is 1. The SMILES string of the molecule is Cc1ccsc1-c1nc(N)c(Br)c(C(C)C)n1. The summed E-state index contributed by atoms with van der Waals surface area (Å²) in [5.74, 6) is 1.54. The molecule has 17 heavy (non-hydrogen) atoms. The van der Waals surface area contributed by atoms with Gasteiger partial charge in [-0.05, 0) is 45.8 Å². The smallest absolute Gasteiger partial charge is 0.172 e. The largest absolute Gasteiger partial charge is 0.383 e. The Morgan fingerprint density at radius 1 is 1.35 bits per heavy atom. The lowest BCUT2D eigenvalue weighted by Gasteiger charge is -2.11. The number of thiophene rings is 1. The lowest BCUT2D eigenvalue weighted by Crippen LogP contribution is -2.04. The molecule has 0 fully saturated rings. The Labute approximate surface area is 113 Å². The van der Waals surface area contributed by atoms with Crippen molar-refractivity contribution in [1.82, 2.24) is 9.97 Å². The van der Waals surface area contributed by atoms with Crippen molar-refractivity contribution in [3.8, 4) is 10.7 Å². The molecule has 3 nitrogen and oxygen atoms in total. The maximum atomic E-state index is 5.92. The van der Waals surface area contributed by atoms with E-state index in [0.717, 1.165) is 20.9 Å². The topological polar surface area (TPSA) is 51.8 Å². The third kappa shape index (κ3) is 2.35. The first-order valence-corrected chi connectivity index (χ1v) is 7.05. The van der Waals surface area contributed by atoms with Gasteiger partial charge in [-0.15, -0.1) is 11.3 Å². The Morgan fingerprint density at radius 3 is 2.59 bits per heavy atom. The number of aryl methyl sites for hydroxylation is 1. The average molecular weight is 312 g/mol. The van der Waals surface area contributed by atoms with Crippen LogP contribution in [0.3, 0.4) is 0 Å². The van der Waals surface area contributed by atoms with Crippen LogP contribution >= 0.6 is 27.3 Å². The molecule has 0 radical (unpaired) electrons. The lowest BCUT2D eigenvalue weighted by molar-refractivity contribution is 0.811. The van der Waals surface area contributed by atoms with Crippen LogP contribution in [-0.4, -0.2) is 9.97 Å². The van der Waals surface area contributed by atoms with Gasteiger partial charge in [0.25, 0.3) is 0 Å². The standard InChI is InChI=1S/C12H14BrN3S/c1-6(2)9-8(13)11(14)16-12(15-9)10-7(3)4-5-17-10/h4-6H,1-3H3,(H2,14,15,16). The van der Waals surface area contributed by atoms with Crippen LogP contribution in [0, 0.1) is 6.92 Å². The zero-order chi connectivity index (χ0) is 12.6. The fraction of sp³-hybridized carbons (Fsp3) is 0.333. The van der Waals surface area contributed by atoms with Gasteiger partial charge in [0.15, 0.2) is 5.82 Å². The summed E-state index contributed by atoms with van der Waals surface area (Å²) < 4.78 is 0.811. The summed E-state index contributed by atoms with van der Waals surface area (Å²) in [6.07, 6.45) is 0. The lowest BCUT2D eigenvalue weighted by atomic mass is 10.1. The van der Waals surface area contributed by atoms with Crippen molar-refractivity contribution in [1.29, 1.82) is 0 Å². The van der Waals surface area contributed by atoms with E-state index >= 15 is 0 Å². The van der Waals surface area contributed by atoms with Gasteiger partial charge in [-0.3, -0.25) is 0 Å². The van der Waals surface area contributed by atoms with Crippen LogP contribution in [0.4, 0.5) is 5.82 Å². The molecule has 5 heteroatoms. The van der Waals surface area contributed by atoms with Gasteiger partial charge < -0.3 is 5.73 Å². The van der Waals surface area contributed by atoms with Crippen molar-refractivity contribution in [2.24, 2.45) is 0 Å². The van der Waals surface area contributed by atoms with Crippen LogP contribution in [0.2, 0.25) is 0 Å². The zero-order valence-electron chi connectivity index (χ0n) is 9.99. The quantitative estimate of drug-likeness (QED) is 0.912. The van der Waals surface area contributed by atoms with E-state index in [1.807, 2.05) is 5.38 Å². The van der Waals surface area contributed by atoms with E-state index in [2.05, 4.69) is 52.7 Å². The molecule has 2 N–H and O–H groups in total. The van der Waals surface area contributed by atoms with Crippen molar-refractivity contribution in [2.45, 2.75) is 26.7 Å². The molecule has 0 amide bonds. The van der Waals surface area contributed by atoms with Gasteiger partial charge >= 0.3 is 0 Å². The highest BCUT2D eigenvalue weighted by Crippen LogP contribution is 2.32. The Kier molecular flexibility index (Phi) is 3.49. The van der Waals surface area contributed by atoms with E-state index in [4.69, 9.17) is 5.73 Å². The molecule has 0 spiro atoms. The second-order valence-corrected chi connectivity index (χ2v) is 5.93. The predicted molar refractivity (Wildman–Crippen MR) is 76.3 cm³/mol. The summed E-state index contributed by atoms with van der Waals surface area (Å²) in [7, 11) is 0. The minimum absolute atomic E-state index is 0.314. The number of aromatic nitrogens is 2. The normalized spacial score (nSPS) is 11.1. The summed E-state index contributed by atoms with van der Waals surface area (Å²) >= 11 is 5.09. The van der Waals surface area contributed by atoms with Crippen molar-refractivity contribution in [3.05, 3.63) is 27.2 Å². The fourth-order valence-electron chi connectivity index (χ4n) is 1.57.